The zero-order chi connectivity index (χ0) is 20.4. The Morgan fingerprint density at radius 1 is 1.03 bits per heavy atom. The Balaban J connectivity index is 1.46. The van der Waals surface area contributed by atoms with E-state index in [-0.39, 0.29) is 11.8 Å². The van der Waals surface area contributed by atoms with E-state index in [4.69, 9.17) is 0 Å². The first-order valence-electron chi connectivity index (χ1n) is 9.83. The number of hydrogen-bond donors (Lipinski definition) is 1. The van der Waals surface area contributed by atoms with Crippen LogP contribution in [0.3, 0.4) is 0 Å². The lowest BCUT2D eigenvalue weighted by molar-refractivity contribution is -0.132. The minimum absolute atomic E-state index is 0.138. The molecule has 1 atom stereocenters. The highest BCUT2D eigenvalue weighted by molar-refractivity contribution is 6.12. The van der Waals surface area contributed by atoms with Gasteiger partial charge in [-0.1, -0.05) is 18.2 Å². The molecule has 1 unspecified atom stereocenters. The molecule has 6 nitrogen and oxygen atoms in total. The van der Waals surface area contributed by atoms with Gasteiger partial charge in [-0.3, -0.25) is 9.59 Å². The molecule has 1 aliphatic rings. The SMILES string of the molecule is Cc1ncn(-c2ccc(NC(=O)C3CCCN(c4ccccc4)C3=O)cc2)c1C. The van der Waals surface area contributed by atoms with Crippen LogP contribution < -0.4 is 10.2 Å². The number of anilines is 2. The van der Waals surface area contributed by atoms with Crippen molar-refractivity contribution in [1.82, 2.24) is 9.55 Å². The molecule has 1 aromatic heterocycles. The molecule has 1 fully saturated rings. The minimum atomic E-state index is -0.665. The van der Waals surface area contributed by atoms with Crippen molar-refractivity contribution in [2.24, 2.45) is 5.92 Å². The van der Waals surface area contributed by atoms with Crippen LogP contribution in [0.2, 0.25) is 0 Å². The van der Waals surface area contributed by atoms with Crippen LogP contribution in [0.15, 0.2) is 60.9 Å². The normalized spacial score (nSPS) is 16.7. The maximum absolute atomic E-state index is 12.9. The van der Waals surface area contributed by atoms with E-state index in [1.165, 1.54) is 0 Å². The summed E-state index contributed by atoms with van der Waals surface area (Å²) in [5, 5.41) is 2.90. The number of aromatic nitrogens is 2. The van der Waals surface area contributed by atoms with Gasteiger partial charge in [-0.25, -0.2) is 4.98 Å². The van der Waals surface area contributed by atoms with Crippen LogP contribution in [-0.4, -0.2) is 27.9 Å². The summed E-state index contributed by atoms with van der Waals surface area (Å²) in [6, 6.07) is 17.1. The van der Waals surface area contributed by atoms with E-state index in [1.807, 2.05) is 73.0 Å². The largest absolute Gasteiger partial charge is 0.325 e. The van der Waals surface area contributed by atoms with Gasteiger partial charge in [0.15, 0.2) is 0 Å². The summed E-state index contributed by atoms with van der Waals surface area (Å²) in [6.45, 7) is 4.64. The fraction of sp³-hybridized carbons (Fsp3) is 0.261. The van der Waals surface area contributed by atoms with Gasteiger partial charge in [0.25, 0.3) is 0 Å². The lowest BCUT2D eigenvalue weighted by Crippen LogP contribution is -2.46. The van der Waals surface area contributed by atoms with Gasteiger partial charge in [-0.05, 0) is 63.1 Å². The lowest BCUT2D eigenvalue weighted by atomic mass is 9.95. The second kappa shape index (κ2) is 7.91. The fourth-order valence-corrected chi connectivity index (χ4v) is 3.68. The predicted molar refractivity (Wildman–Crippen MR) is 113 cm³/mol. The third-order valence-corrected chi connectivity index (χ3v) is 5.49. The summed E-state index contributed by atoms with van der Waals surface area (Å²) >= 11 is 0. The Labute approximate surface area is 170 Å². The van der Waals surface area contributed by atoms with Crippen LogP contribution in [-0.2, 0) is 9.59 Å². The number of carbonyl (C=O) groups excluding carboxylic acids is 2. The average molecular weight is 388 g/mol. The van der Waals surface area contributed by atoms with Crippen LogP contribution in [0.1, 0.15) is 24.2 Å². The Kier molecular flexibility index (Phi) is 5.16. The zero-order valence-corrected chi connectivity index (χ0v) is 16.6. The molecule has 1 saturated heterocycles. The van der Waals surface area contributed by atoms with E-state index >= 15 is 0 Å². The predicted octanol–water partition coefficient (Wildman–Crippen LogP) is 3.87. The van der Waals surface area contributed by atoms with Gasteiger partial charge in [0.1, 0.15) is 5.92 Å². The molecular formula is C23H24N4O2. The number of benzene rings is 2. The number of amides is 2. The number of nitrogens with zero attached hydrogens (tertiary/aromatic N) is 3. The monoisotopic (exact) mass is 388 g/mol. The van der Waals surface area contributed by atoms with Crippen molar-refractivity contribution in [1.29, 1.82) is 0 Å². The third-order valence-electron chi connectivity index (χ3n) is 5.49. The molecule has 6 heteroatoms. The van der Waals surface area contributed by atoms with Crippen molar-refractivity contribution in [2.45, 2.75) is 26.7 Å². The summed E-state index contributed by atoms with van der Waals surface area (Å²) in [4.78, 5) is 31.7. The second-order valence-corrected chi connectivity index (χ2v) is 7.34. The van der Waals surface area contributed by atoms with Gasteiger partial charge in [0.05, 0.1) is 12.0 Å². The molecule has 29 heavy (non-hydrogen) atoms. The summed E-state index contributed by atoms with van der Waals surface area (Å²) in [5.74, 6) is -1.05. The van der Waals surface area contributed by atoms with E-state index in [9.17, 15) is 9.59 Å². The highest BCUT2D eigenvalue weighted by Gasteiger charge is 2.34. The summed E-state index contributed by atoms with van der Waals surface area (Å²) in [6.07, 6.45) is 3.16. The topological polar surface area (TPSA) is 67.2 Å². The summed E-state index contributed by atoms with van der Waals surface area (Å²) in [5.41, 5.74) is 4.56. The van der Waals surface area contributed by atoms with Gasteiger partial charge in [0, 0.05) is 29.3 Å². The second-order valence-electron chi connectivity index (χ2n) is 7.34. The molecule has 2 aromatic carbocycles. The molecule has 0 radical (unpaired) electrons. The molecule has 2 heterocycles. The van der Waals surface area contributed by atoms with Crippen molar-refractivity contribution < 1.29 is 9.59 Å². The highest BCUT2D eigenvalue weighted by atomic mass is 16.2. The molecular weight excluding hydrogens is 364 g/mol. The molecule has 1 N–H and O–H groups in total. The number of piperidine rings is 1. The Bertz CT molecular complexity index is 1020. The standard InChI is InChI=1S/C23H24N4O2/c1-16-17(2)27(15-24-16)20-12-10-18(11-13-20)25-22(28)21-9-6-14-26(23(21)29)19-7-4-3-5-8-19/h3-5,7-8,10-13,15,21H,6,9,14H2,1-2H3,(H,25,28). The molecule has 4 rings (SSSR count). The minimum Gasteiger partial charge on any atom is -0.325 e. The highest BCUT2D eigenvalue weighted by Crippen LogP contribution is 2.25. The third kappa shape index (κ3) is 3.78. The number of rotatable bonds is 4. The molecule has 148 valence electrons. The first kappa shape index (κ1) is 18.9. The maximum atomic E-state index is 12.9. The molecule has 0 spiro atoms. The van der Waals surface area contributed by atoms with E-state index in [0.29, 0.717) is 18.7 Å². The Morgan fingerprint density at radius 2 is 1.76 bits per heavy atom. The fourth-order valence-electron chi connectivity index (χ4n) is 3.68. The maximum Gasteiger partial charge on any atom is 0.239 e. The zero-order valence-electron chi connectivity index (χ0n) is 16.6. The molecule has 2 amide bonds. The van der Waals surface area contributed by atoms with E-state index < -0.39 is 5.92 Å². The lowest BCUT2D eigenvalue weighted by Gasteiger charge is -2.31. The van der Waals surface area contributed by atoms with E-state index in [0.717, 1.165) is 29.2 Å². The van der Waals surface area contributed by atoms with Crippen LogP contribution in [0.5, 0.6) is 0 Å². The van der Waals surface area contributed by atoms with Crippen molar-refractivity contribution in [3.63, 3.8) is 0 Å². The van der Waals surface area contributed by atoms with Crippen molar-refractivity contribution >= 4 is 23.2 Å². The van der Waals surface area contributed by atoms with Gasteiger partial charge in [0.2, 0.25) is 11.8 Å². The van der Waals surface area contributed by atoms with Gasteiger partial charge >= 0.3 is 0 Å². The number of imidazole rings is 1. The van der Waals surface area contributed by atoms with Crippen LogP contribution >= 0.6 is 0 Å². The first-order chi connectivity index (χ1) is 14.0. The van der Waals surface area contributed by atoms with Crippen molar-refractivity contribution in [3.8, 4) is 5.69 Å². The molecule has 0 saturated carbocycles. The molecule has 0 bridgehead atoms. The molecule has 1 aliphatic heterocycles. The van der Waals surface area contributed by atoms with Crippen LogP contribution in [0, 0.1) is 19.8 Å². The Hall–Kier alpha value is -3.41. The van der Waals surface area contributed by atoms with Crippen molar-refractivity contribution in [3.05, 3.63) is 72.3 Å². The molecule has 0 aliphatic carbocycles. The number of nitrogens with one attached hydrogen (secondary N) is 1. The van der Waals surface area contributed by atoms with E-state index in [1.54, 1.807) is 11.2 Å². The number of carbonyl (C=O) groups is 2. The first-order valence-corrected chi connectivity index (χ1v) is 9.83. The summed E-state index contributed by atoms with van der Waals surface area (Å²) in [7, 11) is 0. The van der Waals surface area contributed by atoms with E-state index in [2.05, 4.69) is 10.3 Å². The number of aryl methyl sites for hydroxylation is 1. The quantitative estimate of drug-likeness (QED) is 0.690. The Morgan fingerprint density at radius 3 is 2.41 bits per heavy atom. The van der Waals surface area contributed by atoms with Crippen LogP contribution in [0.25, 0.3) is 5.69 Å². The average Bonchev–Trinajstić information content (AvgIpc) is 3.08. The smallest absolute Gasteiger partial charge is 0.239 e. The van der Waals surface area contributed by atoms with Gasteiger partial charge in [-0.15, -0.1) is 0 Å². The van der Waals surface area contributed by atoms with Gasteiger partial charge < -0.3 is 14.8 Å². The molecule has 3 aromatic rings. The number of hydrogen-bond acceptors (Lipinski definition) is 3. The van der Waals surface area contributed by atoms with Crippen molar-refractivity contribution in [2.75, 3.05) is 16.8 Å². The van der Waals surface area contributed by atoms with Gasteiger partial charge in [-0.2, -0.15) is 0 Å². The van der Waals surface area contributed by atoms with Crippen LogP contribution in [0.4, 0.5) is 11.4 Å². The summed E-state index contributed by atoms with van der Waals surface area (Å²) < 4.78 is 2.00. The number of para-hydroxylation sites is 1.